The molecule has 1 fully saturated rings. The Kier molecular flexibility index (Phi) is 3.45. The van der Waals surface area contributed by atoms with E-state index in [9.17, 15) is 8.78 Å². The molecule has 0 aliphatic carbocycles. The van der Waals surface area contributed by atoms with Gasteiger partial charge in [0.15, 0.2) is 0 Å². The zero-order valence-corrected chi connectivity index (χ0v) is 9.83. The molecule has 0 bridgehead atoms. The maximum absolute atomic E-state index is 14.1. The van der Waals surface area contributed by atoms with Gasteiger partial charge in [-0.25, -0.2) is 0 Å². The second-order valence-corrected chi connectivity index (χ2v) is 4.54. The second kappa shape index (κ2) is 4.70. The van der Waals surface area contributed by atoms with Crippen LogP contribution in [0.5, 0.6) is 0 Å². The number of hydrogen-bond donors (Lipinski definition) is 1. The molecule has 1 saturated heterocycles. The van der Waals surface area contributed by atoms with E-state index in [4.69, 9.17) is 10.5 Å². The van der Waals surface area contributed by atoms with Crippen LogP contribution >= 0.6 is 0 Å². The number of rotatable bonds is 3. The zero-order valence-electron chi connectivity index (χ0n) is 9.83. The van der Waals surface area contributed by atoms with E-state index in [-0.39, 0.29) is 11.6 Å². The molecular weight excluding hydrogens is 224 g/mol. The topological polar surface area (TPSA) is 35.2 Å². The molecule has 4 heteroatoms. The zero-order chi connectivity index (χ0) is 12.5. The van der Waals surface area contributed by atoms with Gasteiger partial charge in [0.2, 0.25) is 0 Å². The van der Waals surface area contributed by atoms with Gasteiger partial charge in [-0.15, -0.1) is 0 Å². The lowest BCUT2D eigenvalue weighted by molar-refractivity contribution is -0.122. The molecule has 2 atom stereocenters. The molecule has 0 saturated carbocycles. The van der Waals surface area contributed by atoms with Gasteiger partial charge in [0.25, 0.3) is 5.92 Å². The fraction of sp³-hybridized carbons (Fsp3) is 0.538. The first-order chi connectivity index (χ1) is 8.01. The van der Waals surface area contributed by atoms with Crippen molar-refractivity contribution in [2.45, 2.75) is 37.8 Å². The van der Waals surface area contributed by atoms with Gasteiger partial charge in [-0.2, -0.15) is 8.78 Å². The number of nitrogens with two attached hydrogens (primary N) is 1. The van der Waals surface area contributed by atoms with Gasteiger partial charge in [-0.3, -0.25) is 0 Å². The molecule has 94 valence electrons. The molecule has 1 aliphatic rings. The summed E-state index contributed by atoms with van der Waals surface area (Å²) in [6.07, 6.45) is 0.119. The quantitative estimate of drug-likeness (QED) is 0.883. The minimum Gasteiger partial charge on any atom is -0.372 e. The first-order valence-electron chi connectivity index (χ1n) is 5.87. The van der Waals surface area contributed by atoms with Gasteiger partial charge in [0, 0.05) is 18.2 Å². The lowest BCUT2D eigenvalue weighted by Gasteiger charge is -2.23. The van der Waals surface area contributed by atoms with Crippen LogP contribution in [-0.4, -0.2) is 12.7 Å². The maximum Gasteiger partial charge on any atom is 0.298 e. The van der Waals surface area contributed by atoms with E-state index in [2.05, 4.69) is 0 Å². The van der Waals surface area contributed by atoms with Gasteiger partial charge in [0.05, 0.1) is 0 Å². The van der Waals surface area contributed by atoms with E-state index in [0.29, 0.717) is 19.4 Å². The van der Waals surface area contributed by atoms with Crippen molar-refractivity contribution in [3.8, 4) is 0 Å². The number of hydrogen-bond acceptors (Lipinski definition) is 2. The Hall–Kier alpha value is -1.00. The van der Waals surface area contributed by atoms with Gasteiger partial charge in [-0.05, 0) is 31.4 Å². The third-order valence-electron chi connectivity index (χ3n) is 3.13. The Labute approximate surface area is 99.8 Å². The second-order valence-electron chi connectivity index (χ2n) is 4.54. The van der Waals surface area contributed by atoms with Crippen LogP contribution in [-0.2, 0) is 10.7 Å². The average Bonchev–Trinajstić information content (AvgIpc) is 2.83. The Morgan fingerprint density at radius 1 is 1.47 bits per heavy atom. The molecule has 0 spiro atoms. The summed E-state index contributed by atoms with van der Waals surface area (Å²) >= 11 is 0. The van der Waals surface area contributed by atoms with Gasteiger partial charge in [0.1, 0.15) is 6.10 Å². The summed E-state index contributed by atoms with van der Waals surface area (Å²) < 4.78 is 33.4. The third kappa shape index (κ3) is 2.48. The largest absolute Gasteiger partial charge is 0.372 e. The summed E-state index contributed by atoms with van der Waals surface area (Å²) in [5.74, 6) is -2.93. The smallest absolute Gasteiger partial charge is 0.298 e. The fourth-order valence-electron chi connectivity index (χ4n) is 2.08. The minimum absolute atomic E-state index is 0.000741. The fourth-order valence-corrected chi connectivity index (χ4v) is 2.08. The van der Waals surface area contributed by atoms with Gasteiger partial charge >= 0.3 is 0 Å². The third-order valence-corrected chi connectivity index (χ3v) is 3.13. The van der Waals surface area contributed by atoms with Gasteiger partial charge in [-0.1, -0.05) is 18.2 Å². The van der Waals surface area contributed by atoms with E-state index in [1.165, 1.54) is 12.1 Å². The predicted molar refractivity (Wildman–Crippen MR) is 61.9 cm³/mol. The van der Waals surface area contributed by atoms with Crippen molar-refractivity contribution in [2.75, 3.05) is 6.61 Å². The average molecular weight is 241 g/mol. The highest BCUT2D eigenvalue weighted by Gasteiger charge is 2.43. The highest BCUT2D eigenvalue weighted by molar-refractivity contribution is 5.29. The maximum atomic E-state index is 14.1. The summed E-state index contributed by atoms with van der Waals surface area (Å²) in [4.78, 5) is 0. The number of alkyl halides is 2. The molecule has 0 radical (unpaired) electrons. The number of ether oxygens (including phenoxy) is 1. The molecule has 1 heterocycles. The highest BCUT2D eigenvalue weighted by Crippen LogP contribution is 2.38. The van der Waals surface area contributed by atoms with Crippen LogP contribution in [0, 0.1) is 0 Å². The standard InChI is InChI=1S/C13H17F2NO/c1-9(16)10-4-2-5-11(8-10)13(14,15)12-6-3-7-17-12/h2,4-5,8-9,12H,3,6-7,16H2,1H3/t9-,12?/m1/s1. The van der Waals surface area contributed by atoms with E-state index >= 15 is 0 Å². The van der Waals surface area contributed by atoms with Crippen molar-refractivity contribution in [3.63, 3.8) is 0 Å². The number of benzene rings is 1. The summed E-state index contributed by atoms with van der Waals surface area (Å²) in [5.41, 5.74) is 6.42. The van der Waals surface area contributed by atoms with Crippen LogP contribution in [0.25, 0.3) is 0 Å². The normalized spacial score (nSPS) is 22.7. The molecule has 17 heavy (non-hydrogen) atoms. The molecular formula is C13H17F2NO. The van der Waals surface area contributed by atoms with Crippen molar-refractivity contribution in [1.82, 2.24) is 0 Å². The molecule has 1 aliphatic heterocycles. The van der Waals surface area contributed by atoms with E-state index < -0.39 is 12.0 Å². The molecule has 0 aromatic heterocycles. The lowest BCUT2D eigenvalue weighted by atomic mass is 9.97. The summed E-state index contributed by atoms with van der Waals surface area (Å²) in [5, 5.41) is 0. The highest BCUT2D eigenvalue weighted by atomic mass is 19.3. The van der Waals surface area contributed by atoms with Crippen LogP contribution < -0.4 is 5.73 Å². The van der Waals surface area contributed by atoms with Crippen LogP contribution in [0.3, 0.4) is 0 Å². The SMILES string of the molecule is C[C@@H](N)c1cccc(C(F)(F)C2CCCO2)c1. The first kappa shape index (κ1) is 12.5. The van der Waals surface area contributed by atoms with Crippen molar-refractivity contribution in [3.05, 3.63) is 35.4 Å². The lowest BCUT2D eigenvalue weighted by Crippen LogP contribution is -2.30. The Bertz CT molecular complexity index is 387. The molecule has 2 nitrogen and oxygen atoms in total. The molecule has 1 aromatic carbocycles. The Balaban J connectivity index is 2.28. The first-order valence-corrected chi connectivity index (χ1v) is 5.87. The summed E-state index contributed by atoms with van der Waals surface area (Å²) in [6.45, 7) is 2.20. The number of halogens is 2. The van der Waals surface area contributed by atoms with Crippen LogP contribution in [0.15, 0.2) is 24.3 Å². The monoisotopic (exact) mass is 241 g/mol. The van der Waals surface area contributed by atoms with E-state index in [1.54, 1.807) is 19.1 Å². The molecule has 0 amide bonds. The van der Waals surface area contributed by atoms with Crippen LogP contribution in [0.1, 0.15) is 36.9 Å². The minimum atomic E-state index is -2.93. The van der Waals surface area contributed by atoms with Crippen LogP contribution in [0.2, 0.25) is 0 Å². The van der Waals surface area contributed by atoms with E-state index in [0.717, 1.165) is 5.56 Å². The van der Waals surface area contributed by atoms with Crippen LogP contribution in [0.4, 0.5) is 8.78 Å². The van der Waals surface area contributed by atoms with Crippen molar-refractivity contribution >= 4 is 0 Å². The molecule has 1 unspecified atom stereocenters. The molecule has 1 aromatic rings. The Morgan fingerprint density at radius 2 is 2.24 bits per heavy atom. The summed E-state index contributed by atoms with van der Waals surface area (Å²) in [6, 6.07) is 6.06. The van der Waals surface area contributed by atoms with E-state index in [1.807, 2.05) is 0 Å². The van der Waals surface area contributed by atoms with Crippen molar-refractivity contribution in [1.29, 1.82) is 0 Å². The van der Waals surface area contributed by atoms with Crippen molar-refractivity contribution in [2.24, 2.45) is 5.73 Å². The summed E-state index contributed by atoms with van der Waals surface area (Å²) in [7, 11) is 0. The predicted octanol–water partition coefficient (Wildman–Crippen LogP) is 2.98. The molecule has 2 N–H and O–H groups in total. The van der Waals surface area contributed by atoms with Gasteiger partial charge < -0.3 is 10.5 Å². The Morgan fingerprint density at radius 3 is 2.82 bits per heavy atom. The molecule has 2 rings (SSSR count). The van der Waals surface area contributed by atoms with Crippen molar-refractivity contribution < 1.29 is 13.5 Å².